The minimum absolute atomic E-state index is 0.194. The van der Waals surface area contributed by atoms with E-state index in [0.29, 0.717) is 21.8 Å². The van der Waals surface area contributed by atoms with E-state index < -0.39 is 11.2 Å². The summed E-state index contributed by atoms with van der Waals surface area (Å²) in [5, 5.41) is 6.01. The van der Waals surface area contributed by atoms with Crippen molar-refractivity contribution < 1.29 is 19.1 Å². The van der Waals surface area contributed by atoms with E-state index in [1.807, 2.05) is 79.7 Å². The van der Waals surface area contributed by atoms with Crippen LogP contribution in [-0.4, -0.2) is 24.9 Å². The maximum Gasteiger partial charge on any atom is 0.341 e. The number of fused-ring (bicyclic) bond motifs is 1. The summed E-state index contributed by atoms with van der Waals surface area (Å²) in [7, 11) is 1.38. The molecule has 0 saturated heterocycles. The largest absolute Gasteiger partial charge is 0.465 e. The van der Waals surface area contributed by atoms with Gasteiger partial charge in [0.25, 0.3) is 5.91 Å². The number of rotatable bonds is 8. The van der Waals surface area contributed by atoms with Crippen molar-refractivity contribution in [3.63, 3.8) is 0 Å². The molecule has 5 rings (SSSR count). The zero-order chi connectivity index (χ0) is 28.8. The van der Waals surface area contributed by atoms with Gasteiger partial charge in [0.05, 0.1) is 12.7 Å². The van der Waals surface area contributed by atoms with Gasteiger partial charge in [-0.05, 0) is 74.1 Å². The molecule has 6 nitrogen and oxygen atoms in total. The van der Waals surface area contributed by atoms with Gasteiger partial charge in [-0.15, -0.1) is 23.1 Å². The molecule has 1 unspecified atom stereocenters. The topological polar surface area (TPSA) is 84.5 Å². The maximum absolute atomic E-state index is 13.9. The minimum Gasteiger partial charge on any atom is -0.465 e. The van der Waals surface area contributed by atoms with Crippen LogP contribution in [0, 0.1) is 6.92 Å². The van der Waals surface area contributed by atoms with Gasteiger partial charge in [-0.2, -0.15) is 0 Å². The molecule has 0 radical (unpaired) electrons. The number of amides is 2. The molecule has 0 aliphatic heterocycles. The Kier molecular flexibility index (Phi) is 9.21. The van der Waals surface area contributed by atoms with Gasteiger partial charge >= 0.3 is 5.97 Å². The van der Waals surface area contributed by atoms with Crippen LogP contribution in [0.1, 0.15) is 66.8 Å². The normalized spacial score (nSPS) is 13.4. The van der Waals surface area contributed by atoms with Crippen LogP contribution < -0.4 is 10.6 Å². The van der Waals surface area contributed by atoms with E-state index in [4.69, 9.17) is 4.74 Å². The molecule has 1 atom stereocenters. The third-order valence-corrected chi connectivity index (χ3v) is 9.47. The molecule has 210 valence electrons. The van der Waals surface area contributed by atoms with Crippen LogP contribution in [0.25, 0.3) is 0 Å². The Balaban J connectivity index is 1.40. The number of benzene rings is 3. The minimum atomic E-state index is -0.591. The van der Waals surface area contributed by atoms with Gasteiger partial charge in [0.15, 0.2) is 0 Å². The standard InChI is InChI=1S/C33H32N2O4S2/c1-21-11-9-14-23(19-21)30(36)34-24-15-10-16-25(20-24)40-29(22-12-5-3-6-13-22)31(37)35-32-28(33(38)39-2)26-17-7-4-8-18-27(26)41-32/h3,5-6,9-16,19-20,29H,4,7-8,17-18H2,1-2H3,(H,34,36)(H,35,37). The van der Waals surface area contributed by atoms with Crippen molar-refractivity contribution in [1.82, 2.24) is 0 Å². The summed E-state index contributed by atoms with van der Waals surface area (Å²) in [5.41, 5.74) is 4.57. The molecule has 1 heterocycles. The van der Waals surface area contributed by atoms with E-state index in [1.165, 1.54) is 30.2 Å². The van der Waals surface area contributed by atoms with Gasteiger partial charge in [-0.1, -0.05) is 60.5 Å². The SMILES string of the molecule is COC(=O)c1c(NC(=O)C(Sc2cccc(NC(=O)c3cccc(C)c3)c2)c2ccccc2)sc2c1CCCCC2. The summed E-state index contributed by atoms with van der Waals surface area (Å²) >= 11 is 2.88. The van der Waals surface area contributed by atoms with E-state index >= 15 is 0 Å². The van der Waals surface area contributed by atoms with Crippen molar-refractivity contribution in [2.45, 2.75) is 49.2 Å². The fraction of sp³-hybridized carbons (Fsp3) is 0.242. The second-order valence-electron chi connectivity index (χ2n) is 10.0. The summed E-state index contributed by atoms with van der Waals surface area (Å²) in [6.45, 7) is 1.95. The lowest BCUT2D eigenvalue weighted by Gasteiger charge is -2.18. The van der Waals surface area contributed by atoms with Gasteiger partial charge in [0.1, 0.15) is 10.3 Å². The van der Waals surface area contributed by atoms with Crippen molar-refractivity contribution in [1.29, 1.82) is 0 Å². The van der Waals surface area contributed by atoms with Crippen LogP contribution in [0.4, 0.5) is 10.7 Å². The zero-order valence-corrected chi connectivity index (χ0v) is 24.7. The third-order valence-electron chi connectivity index (χ3n) is 7.01. The molecule has 3 aromatic carbocycles. The Bertz CT molecular complexity index is 1560. The lowest BCUT2D eigenvalue weighted by Crippen LogP contribution is -2.20. The molecule has 41 heavy (non-hydrogen) atoms. The van der Waals surface area contributed by atoms with Crippen molar-refractivity contribution in [3.8, 4) is 0 Å². The molecular weight excluding hydrogens is 553 g/mol. The van der Waals surface area contributed by atoms with Crippen LogP contribution in [0.2, 0.25) is 0 Å². The van der Waals surface area contributed by atoms with Crippen LogP contribution in [-0.2, 0) is 22.4 Å². The smallest absolute Gasteiger partial charge is 0.341 e. The summed E-state index contributed by atoms with van der Waals surface area (Å²) in [4.78, 5) is 41.5. The molecule has 0 spiro atoms. The fourth-order valence-electron chi connectivity index (χ4n) is 5.00. The number of hydrogen-bond donors (Lipinski definition) is 2. The highest BCUT2D eigenvalue weighted by Crippen LogP contribution is 2.41. The first-order valence-corrected chi connectivity index (χ1v) is 15.4. The monoisotopic (exact) mass is 584 g/mol. The number of aryl methyl sites for hydroxylation is 2. The van der Waals surface area contributed by atoms with Crippen molar-refractivity contribution in [3.05, 3.63) is 112 Å². The number of methoxy groups -OCH3 is 1. The average Bonchev–Trinajstić information content (AvgIpc) is 3.15. The van der Waals surface area contributed by atoms with Crippen molar-refractivity contribution >= 4 is 51.6 Å². The van der Waals surface area contributed by atoms with Gasteiger partial charge in [-0.25, -0.2) is 4.79 Å². The number of hydrogen-bond acceptors (Lipinski definition) is 6. The molecule has 0 bridgehead atoms. The predicted molar refractivity (Wildman–Crippen MR) is 166 cm³/mol. The molecule has 1 aliphatic carbocycles. The van der Waals surface area contributed by atoms with Gasteiger partial charge < -0.3 is 15.4 Å². The first-order chi connectivity index (χ1) is 19.9. The molecule has 1 aromatic heterocycles. The Morgan fingerprint density at radius 1 is 0.878 bits per heavy atom. The third kappa shape index (κ3) is 6.89. The predicted octanol–water partition coefficient (Wildman–Crippen LogP) is 7.84. The van der Waals surface area contributed by atoms with E-state index in [0.717, 1.165) is 58.6 Å². The van der Waals surface area contributed by atoms with Crippen LogP contribution in [0.3, 0.4) is 0 Å². The van der Waals surface area contributed by atoms with Crippen LogP contribution in [0.15, 0.2) is 83.8 Å². The number of carbonyl (C=O) groups is 3. The Hall–Kier alpha value is -3.88. The van der Waals surface area contributed by atoms with Crippen molar-refractivity contribution in [2.75, 3.05) is 17.7 Å². The van der Waals surface area contributed by atoms with Crippen molar-refractivity contribution in [2.24, 2.45) is 0 Å². The van der Waals surface area contributed by atoms with E-state index in [9.17, 15) is 14.4 Å². The van der Waals surface area contributed by atoms with E-state index in [-0.39, 0.29) is 11.8 Å². The first kappa shape index (κ1) is 28.6. The van der Waals surface area contributed by atoms with Gasteiger partial charge in [0, 0.05) is 21.0 Å². The molecule has 8 heteroatoms. The summed E-state index contributed by atoms with van der Waals surface area (Å²) in [6.07, 6.45) is 4.92. The number of thiophene rings is 1. The quantitative estimate of drug-likeness (QED) is 0.125. The Morgan fingerprint density at radius 2 is 1.66 bits per heavy atom. The number of anilines is 2. The summed E-state index contributed by atoms with van der Waals surface area (Å²) < 4.78 is 5.12. The van der Waals surface area contributed by atoms with E-state index in [1.54, 1.807) is 6.07 Å². The number of thioether (sulfide) groups is 1. The average molecular weight is 585 g/mol. The molecule has 4 aromatic rings. The fourth-order valence-corrected chi connectivity index (χ4v) is 7.36. The van der Waals surface area contributed by atoms with Gasteiger partial charge in [0.2, 0.25) is 5.91 Å². The van der Waals surface area contributed by atoms with Crippen LogP contribution in [0.5, 0.6) is 0 Å². The summed E-state index contributed by atoms with van der Waals surface area (Å²) in [5.74, 6) is -0.835. The molecule has 0 fully saturated rings. The molecule has 0 saturated carbocycles. The molecule has 2 N–H and O–H groups in total. The molecular formula is C33H32N2O4S2. The van der Waals surface area contributed by atoms with E-state index in [2.05, 4.69) is 10.6 Å². The second-order valence-corrected chi connectivity index (χ2v) is 12.3. The lowest BCUT2D eigenvalue weighted by molar-refractivity contribution is -0.115. The maximum atomic E-state index is 13.9. The summed E-state index contributed by atoms with van der Waals surface area (Å²) in [6, 6.07) is 24.5. The second kappa shape index (κ2) is 13.2. The number of nitrogens with one attached hydrogen (secondary N) is 2. The van der Waals surface area contributed by atoms with Crippen LogP contribution >= 0.6 is 23.1 Å². The molecule has 2 amide bonds. The molecule has 1 aliphatic rings. The first-order valence-electron chi connectivity index (χ1n) is 13.7. The Morgan fingerprint density at radius 3 is 2.44 bits per heavy atom. The highest BCUT2D eigenvalue weighted by molar-refractivity contribution is 8.00. The lowest BCUT2D eigenvalue weighted by atomic mass is 10.1. The number of ether oxygens (including phenoxy) is 1. The highest BCUT2D eigenvalue weighted by Gasteiger charge is 2.29. The number of esters is 1. The number of carbonyl (C=O) groups excluding carboxylic acids is 3. The van der Waals surface area contributed by atoms with Gasteiger partial charge in [-0.3, -0.25) is 9.59 Å². The highest BCUT2D eigenvalue weighted by atomic mass is 32.2. The zero-order valence-electron chi connectivity index (χ0n) is 23.1. The Labute approximate surface area is 248 Å².